The van der Waals surface area contributed by atoms with E-state index in [-0.39, 0.29) is 11.9 Å². The first-order valence-electron chi connectivity index (χ1n) is 7.82. The van der Waals surface area contributed by atoms with Crippen LogP contribution in [0.15, 0.2) is 54.9 Å². The second kappa shape index (κ2) is 7.18. The SMILES string of the molecule is O=C(Nc1ccccc1)C1CCCN1CCc1ccncc1. The van der Waals surface area contributed by atoms with Crippen molar-refractivity contribution in [3.8, 4) is 0 Å². The van der Waals surface area contributed by atoms with Crippen LogP contribution in [0.1, 0.15) is 18.4 Å². The second-order valence-electron chi connectivity index (χ2n) is 5.65. The number of aromatic nitrogens is 1. The van der Waals surface area contributed by atoms with Gasteiger partial charge in [0.05, 0.1) is 6.04 Å². The fourth-order valence-electron chi connectivity index (χ4n) is 2.96. The summed E-state index contributed by atoms with van der Waals surface area (Å²) in [6.07, 6.45) is 6.62. The molecule has 1 aromatic heterocycles. The molecule has 1 aliphatic heterocycles. The Hall–Kier alpha value is -2.20. The van der Waals surface area contributed by atoms with Crippen molar-refractivity contribution in [2.24, 2.45) is 0 Å². The molecular formula is C18H21N3O. The number of anilines is 1. The summed E-state index contributed by atoms with van der Waals surface area (Å²) in [6.45, 7) is 1.91. The number of nitrogens with zero attached hydrogens (tertiary/aromatic N) is 2. The number of pyridine rings is 1. The molecule has 1 unspecified atom stereocenters. The monoisotopic (exact) mass is 295 g/mol. The van der Waals surface area contributed by atoms with Gasteiger partial charge in [-0.1, -0.05) is 18.2 Å². The summed E-state index contributed by atoms with van der Waals surface area (Å²) in [5.41, 5.74) is 2.14. The van der Waals surface area contributed by atoms with Crippen LogP contribution in [0.2, 0.25) is 0 Å². The Morgan fingerprint density at radius 3 is 2.73 bits per heavy atom. The van der Waals surface area contributed by atoms with E-state index in [1.54, 1.807) is 0 Å². The van der Waals surface area contributed by atoms with E-state index in [4.69, 9.17) is 0 Å². The number of carbonyl (C=O) groups is 1. The van der Waals surface area contributed by atoms with Gasteiger partial charge in [0.25, 0.3) is 0 Å². The fraction of sp³-hybridized carbons (Fsp3) is 0.333. The van der Waals surface area contributed by atoms with Gasteiger partial charge in [0.1, 0.15) is 0 Å². The first kappa shape index (κ1) is 14.7. The molecular weight excluding hydrogens is 274 g/mol. The van der Waals surface area contributed by atoms with Crippen molar-refractivity contribution < 1.29 is 4.79 Å². The zero-order chi connectivity index (χ0) is 15.2. The third-order valence-corrected chi connectivity index (χ3v) is 4.14. The van der Waals surface area contributed by atoms with Crippen LogP contribution in [-0.4, -0.2) is 34.9 Å². The van der Waals surface area contributed by atoms with Crippen LogP contribution in [0.25, 0.3) is 0 Å². The normalized spacial score (nSPS) is 18.3. The van der Waals surface area contributed by atoms with Crippen LogP contribution >= 0.6 is 0 Å². The molecule has 4 nitrogen and oxygen atoms in total. The predicted molar refractivity (Wildman–Crippen MR) is 87.6 cm³/mol. The number of para-hydroxylation sites is 1. The van der Waals surface area contributed by atoms with E-state index in [2.05, 4.69) is 15.2 Å². The Morgan fingerprint density at radius 1 is 1.18 bits per heavy atom. The highest BCUT2D eigenvalue weighted by atomic mass is 16.2. The molecule has 1 fully saturated rings. The number of likely N-dealkylation sites (tertiary alicyclic amines) is 1. The van der Waals surface area contributed by atoms with Crippen LogP contribution in [0.3, 0.4) is 0 Å². The average molecular weight is 295 g/mol. The molecule has 0 spiro atoms. The minimum absolute atomic E-state index is 0.0120. The minimum atomic E-state index is -0.0120. The molecule has 114 valence electrons. The Labute approximate surface area is 131 Å². The molecule has 1 amide bonds. The molecule has 1 N–H and O–H groups in total. The average Bonchev–Trinajstić information content (AvgIpc) is 3.03. The van der Waals surface area contributed by atoms with Gasteiger partial charge in [-0.15, -0.1) is 0 Å². The van der Waals surface area contributed by atoms with E-state index in [1.807, 2.05) is 54.9 Å². The van der Waals surface area contributed by atoms with E-state index in [0.717, 1.165) is 38.0 Å². The van der Waals surface area contributed by atoms with Crippen molar-refractivity contribution in [1.82, 2.24) is 9.88 Å². The first-order valence-corrected chi connectivity index (χ1v) is 7.82. The number of benzene rings is 1. The summed E-state index contributed by atoms with van der Waals surface area (Å²) < 4.78 is 0. The zero-order valence-corrected chi connectivity index (χ0v) is 12.6. The van der Waals surface area contributed by atoms with Gasteiger partial charge in [0.2, 0.25) is 5.91 Å². The molecule has 1 aliphatic rings. The first-order chi connectivity index (χ1) is 10.8. The van der Waals surface area contributed by atoms with Crippen LogP contribution in [0, 0.1) is 0 Å². The summed E-state index contributed by atoms with van der Waals surface area (Å²) in [4.78, 5) is 18.8. The minimum Gasteiger partial charge on any atom is -0.325 e. The lowest BCUT2D eigenvalue weighted by molar-refractivity contribution is -0.120. The second-order valence-corrected chi connectivity index (χ2v) is 5.65. The fourth-order valence-corrected chi connectivity index (χ4v) is 2.96. The number of rotatable bonds is 5. The summed E-state index contributed by atoms with van der Waals surface area (Å²) >= 11 is 0. The van der Waals surface area contributed by atoms with E-state index in [1.165, 1.54) is 5.56 Å². The van der Waals surface area contributed by atoms with Crippen molar-refractivity contribution in [3.05, 3.63) is 60.4 Å². The van der Waals surface area contributed by atoms with E-state index < -0.39 is 0 Å². The number of nitrogens with one attached hydrogen (secondary N) is 1. The number of carbonyl (C=O) groups excluding carboxylic acids is 1. The molecule has 4 heteroatoms. The maximum atomic E-state index is 12.5. The molecule has 1 aromatic carbocycles. The molecule has 0 aliphatic carbocycles. The van der Waals surface area contributed by atoms with Crippen LogP contribution in [0.5, 0.6) is 0 Å². The van der Waals surface area contributed by atoms with Gasteiger partial charge in [0.15, 0.2) is 0 Å². The smallest absolute Gasteiger partial charge is 0.241 e. The molecule has 0 bridgehead atoms. The predicted octanol–water partition coefficient (Wildman–Crippen LogP) is 2.73. The third-order valence-electron chi connectivity index (χ3n) is 4.14. The van der Waals surface area contributed by atoms with Gasteiger partial charge < -0.3 is 5.32 Å². The van der Waals surface area contributed by atoms with Crippen LogP contribution < -0.4 is 5.32 Å². The molecule has 3 rings (SSSR count). The lowest BCUT2D eigenvalue weighted by atomic mass is 10.1. The van der Waals surface area contributed by atoms with Crippen LogP contribution in [-0.2, 0) is 11.2 Å². The lowest BCUT2D eigenvalue weighted by Crippen LogP contribution is -2.40. The summed E-state index contributed by atoms with van der Waals surface area (Å²) in [5, 5.41) is 3.02. The number of amides is 1. The van der Waals surface area contributed by atoms with Gasteiger partial charge in [-0.05, 0) is 55.6 Å². The Morgan fingerprint density at radius 2 is 1.95 bits per heavy atom. The molecule has 1 atom stereocenters. The zero-order valence-electron chi connectivity index (χ0n) is 12.6. The Balaban J connectivity index is 1.57. The third kappa shape index (κ3) is 3.71. The topological polar surface area (TPSA) is 45.2 Å². The van der Waals surface area contributed by atoms with Crippen molar-refractivity contribution in [3.63, 3.8) is 0 Å². The summed E-state index contributed by atoms with van der Waals surface area (Å²) in [6, 6.07) is 13.7. The van der Waals surface area contributed by atoms with Gasteiger partial charge in [-0.25, -0.2) is 0 Å². The van der Waals surface area contributed by atoms with Gasteiger partial charge in [0, 0.05) is 24.6 Å². The van der Waals surface area contributed by atoms with Crippen molar-refractivity contribution in [1.29, 1.82) is 0 Å². The van der Waals surface area contributed by atoms with E-state index >= 15 is 0 Å². The van der Waals surface area contributed by atoms with Crippen LogP contribution in [0.4, 0.5) is 5.69 Å². The lowest BCUT2D eigenvalue weighted by Gasteiger charge is -2.23. The molecule has 2 heterocycles. The highest BCUT2D eigenvalue weighted by Crippen LogP contribution is 2.19. The number of hydrogen-bond acceptors (Lipinski definition) is 3. The van der Waals surface area contributed by atoms with Gasteiger partial charge >= 0.3 is 0 Å². The highest BCUT2D eigenvalue weighted by Gasteiger charge is 2.30. The quantitative estimate of drug-likeness (QED) is 0.922. The Kier molecular flexibility index (Phi) is 4.81. The highest BCUT2D eigenvalue weighted by molar-refractivity contribution is 5.94. The Bertz CT molecular complexity index is 600. The largest absolute Gasteiger partial charge is 0.325 e. The van der Waals surface area contributed by atoms with E-state index in [9.17, 15) is 4.79 Å². The molecule has 0 radical (unpaired) electrons. The van der Waals surface area contributed by atoms with Gasteiger partial charge in [-0.3, -0.25) is 14.7 Å². The standard InChI is InChI=1S/C18H21N3O/c22-18(20-16-5-2-1-3-6-16)17-7-4-13-21(17)14-10-15-8-11-19-12-9-15/h1-3,5-6,8-9,11-12,17H,4,7,10,13-14H2,(H,20,22). The molecule has 0 saturated carbocycles. The van der Waals surface area contributed by atoms with Gasteiger partial charge in [-0.2, -0.15) is 0 Å². The summed E-state index contributed by atoms with van der Waals surface area (Å²) in [7, 11) is 0. The van der Waals surface area contributed by atoms with Crippen molar-refractivity contribution >= 4 is 11.6 Å². The maximum Gasteiger partial charge on any atom is 0.241 e. The molecule has 22 heavy (non-hydrogen) atoms. The van der Waals surface area contributed by atoms with E-state index in [0.29, 0.717) is 0 Å². The molecule has 2 aromatic rings. The maximum absolute atomic E-state index is 12.5. The summed E-state index contributed by atoms with van der Waals surface area (Å²) in [5.74, 6) is 0.110. The molecule has 1 saturated heterocycles. The van der Waals surface area contributed by atoms with Crippen molar-refractivity contribution in [2.45, 2.75) is 25.3 Å². The van der Waals surface area contributed by atoms with Crippen molar-refractivity contribution in [2.75, 3.05) is 18.4 Å². The number of hydrogen-bond donors (Lipinski definition) is 1.